The SMILES string of the molecule is COc1ccc2cc(CN3CCOCC(C(=O)O)C3)ccc2c1. The van der Waals surface area contributed by atoms with Gasteiger partial charge in [0.05, 0.1) is 26.2 Å². The molecule has 1 fully saturated rings. The second-order valence-corrected chi connectivity index (χ2v) is 5.89. The Hall–Kier alpha value is -2.11. The number of hydrogen-bond donors (Lipinski definition) is 1. The molecule has 1 N–H and O–H groups in total. The first kappa shape index (κ1) is 15.8. The molecule has 122 valence electrons. The van der Waals surface area contributed by atoms with Crippen molar-refractivity contribution < 1.29 is 19.4 Å². The molecule has 1 atom stereocenters. The normalized spacial score (nSPS) is 19.4. The molecule has 0 aliphatic carbocycles. The van der Waals surface area contributed by atoms with E-state index in [9.17, 15) is 9.90 Å². The van der Waals surface area contributed by atoms with Crippen molar-refractivity contribution in [1.82, 2.24) is 4.90 Å². The lowest BCUT2D eigenvalue weighted by molar-refractivity contribution is -0.143. The topological polar surface area (TPSA) is 59.0 Å². The third kappa shape index (κ3) is 3.81. The van der Waals surface area contributed by atoms with Gasteiger partial charge in [0.1, 0.15) is 5.75 Å². The molecule has 0 spiro atoms. The van der Waals surface area contributed by atoms with Crippen LogP contribution in [0.4, 0.5) is 0 Å². The Morgan fingerprint density at radius 2 is 2.09 bits per heavy atom. The molecule has 5 heteroatoms. The Labute approximate surface area is 135 Å². The third-order valence-electron chi connectivity index (χ3n) is 4.22. The van der Waals surface area contributed by atoms with Gasteiger partial charge in [-0.2, -0.15) is 0 Å². The van der Waals surface area contributed by atoms with Gasteiger partial charge >= 0.3 is 5.97 Å². The van der Waals surface area contributed by atoms with E-state index in [1.54, 1.807) is 7.11 Å². The zero-order valence-corrected chi connectivity index (χ0v) is 13.2. The Morgan fingerprint density at radius 3 is 2.87 bits per heavy atom. The summed E-state index contributed by atoms with van der Waals surface area (Å²) in [6.07, 6.45) is 0. The molecule has 5 nitrogen and oxygen atoms in total. The van der Waals surface area contributed by atoms with Crippen molar-refractivity contribution in [1.29, 1.82) is 0 Å². The molecular weight excluding hydrogens is 294 g/mol. The lowest BCUT2D eigenvalue weighted by Gasteiger charge is -2.21. The zero-order valence-electron chi connectivity index (χ0n) is 13.2. The van der Waals surface area contributed by atoms with E-state index < -0.39 is 11.9 Å². The van der Waals surface area contributed by atoms with Crippen LogP contribution in [0.25, 0.3) is 10.8 Å². The number of carbonyl (C=O) groups is 1. The van der Waals surface area contributed by atoms with Crippen LogP contribution in [0.2, 0.25) is 0 Å². The maximum atomic E-state index is 11.2. The summed E-state index contributed by atoms with van der Waals surface area (Å²) in [5.74, 6) is -0.399. The van der Waals surface area contributed by atoms with Gasteiger partial charge in [-0.15, -0.1) is 0 Å². The van der Waals surface area contributed by atoms with Crippen molar-refractivity contribution in [3.63, 3.8) is 0 Å². The van der Waals surface area contributed by atoms with E-state index in [4.69, 9.17) is 9.47 Å². The maximum absolute atomic E-state index is 11.2. The fraction of sp³-hybridized carbons (Fsp3) is 0.389. The summed E-state index contributed by atoms with van der Waals surface area (Å²) in [4.78, 5) is 13.4. The molecule has 0 radical (unpaired) electrons. The summed E-state index contributed by atoms with van der Waals surface area (Å²) in [6, 6.07) is 12.3. The number of methoxy groups -OCH3 is 1. The molecule has 23 heavy (non-hydrogen) atoms. The number of carboxylic acid groups (broad SMARTS) is 1. The van der Waals surface area contributed by atoms with Crippen LogP contribution in [-0.2, 0) is 16.1 Å². The van der Waals surface area contributed by atoms with E-state index in [2.05, 4.69) is 23.1 Å². The first-order valence-corrected chi connectivity index (χ1v) is 7.75. The lowest BCUT2D eigenvalue weighted by Crippen LogP contribution is -2.33. The van der Waals surface area contributed by atoms with Crippen LogP contribution in [0.5, 0.6) is 5.75 Å². The Balaban J connectivity index is 1.76. The van der Waals surface area contributed by atoms with E-state index in [0.29, 0.717) is 19.8 Å². The second kappa shape index (κ2) is 6.98. The molecule has 2 aromatic rings. The van der Waals surface area contributed by atoms with Crippen LogP contribution >= 0.6 is 0 Å². The van der Waals surface area contributed by atoms with Crippen LogP contribution in [0.3, 0.4) is 0 Å². The van der Waals surface area contributed by atoms with E-state index in [0.717, 1.165) is 29.6 Å². The Morgan fingerprint density at radius 1 is 1.30 bits per heavy atom. The first-order chi connectivity index (χ1) is 11.2. The molecule has 1 unspecified atom stereocenters. The van der Waals surface area contributed by atoms with Gasteiger partial charge in [-0.25, -0.2) is 0 Å². The van der Waals surface area contributed by atoms with Crippen LogP contribution in [0, 0.1) is 5.92 Å². The van der Waals surface area contributed by atoms with Crippen LogP contribution in [0.1, 0.15) is 5.56 Å². The van der Waals surface area contributed by atoms with Crippen LogP contribution in [-0.4, -0.2) is 49.4 Å². The van der Waals surface area contributed by atoms with E-state index in [1.807, 2.05) is 18.2 Å². The van der Waals surface area contributed by atoms with Gasteiger partial charge in [0.2, 0.25) is 0 Å². The maximum Gasteiger partial charge on any atom is 0.310 e. The quantitative estimate of drug-likeness (QED) is 0.939. The minimum atomic E-state index is -0.789. The van der Waals surface area contributed by atoms with Crippen molar-refractivity contribution in [3.05, 3.63) is 42.0 Å². The zero-order chi connectivity index (χ0) is 16.2. The summed E-state index contributed by atoms with van der Waals surface area (Å²) in [6.45, 7) is 2.88. The molecule has 1 aliphatic heterocycles. The summed E-state index contributed by atoms with van der Waals surface area (Å²) in [7, 11) is 1.66. The Bertz CT molecular complexity index is 700. The molecule has 2 aromatic carbocycles. The van der Waals surface area contributed by atoms with Gasteiger partial charge in [-0.1, -0.05) is 18.2 Å². The molecule has 0 aromatic heterocycles. The molecule has 0 amide bonds. The fourth-order valence-electron chi connectivity index (χ4n) is 2.92. The predicted octanol–water partition coefficient (Wildman–Crippen LogP) is 2.38. The van der Waals surface area contributed by atoms with Gasteiger partial charge in [0, 0.05) is 19.6 Å². The van der Waals surface area contributed by atoms with E-state index in [-0.39, 0.29) is 0 Å². The largest absolute Gasteiger partial charge is 0.497 e. The highest BCUT2D eigenvalue weighted by Crippen LogP contribution is 2.23. The van der Waals surface area contributed by atoms with Crippen molar-refractivity contribution in [3.8, 4) is 5.75 Å². The molecule has 1 saturated heterocycles. The first-order valence-electron chi connectivity index (χ1n) is 7.75. The van der Waals surface area contributed by atoms with Crippen molar-refractivity contribution in [2.45, 2.75) is 6.54 Å². The molecule has 0 saturated carbocycles. The highest BCUT2D eigenvalue weighted by atomic mass is 16.5. The van der Waals surface area contributed by atoms with E-state index >= 15 is 0 Å². The predicted molar refractivity (Wildman–Crippen MR) is 87.7 cm³/mol. The minimum Gasteiger partial charge on any atom is -0.497 e. The number of fused-ring (bicyclic) bond motifs is 1. The summed E-state index contributed by atoms with van der Waals surface area (Å²) in [5.41, 5.74) is 1.17. The number of ether oxygens (including phenoxy) is 2. The van der Waals surface area contributed by atoms with Crippen LogP contribution in [0.15, 0.2) is 36.4 Å². The van der Waals surface area contributed by atoms with Crippen molar-refractivity contribution in [2.75, 3.05) is 33.4 Å². The van der Waals surface area contributed by atoms with E-state index in [1.165, 1.54) is 5.56 Å². The molecule has 1 heterocycles. The third-order valence-corrected chi connectivity index (χ3v) is 4.22. The number of rotatable bonds is 4. The molecular formula is C18H21NO4. The number of hydrogen-bond acceptors (Lipinski definition) is 4. The fourth-order valence-corrected chi connectivity index (χ4v) is 2.92. The monoisotopic (exact) mass is 315 g/mol. The smallest absolute Gasteiger partial charge is 0.310 e. The minimum absolute atomic E-state index is 0.295. The van der Waals surface area contributed by atoms with Crippen LogP contribution < -0.4 is 4.74 Å². The second-order valence-electron chi connectivity index (χ2n) is 5.89. The molecule has 3 rings (SSSR count). The van der Waals surface area contributed by atoms with Gasteiger partial charge in [0.15, 0.2) is 0 Å². The number of nitrogens with zero attached hydrogens (tertiary/aromatic N) is 1. The lowest BCUT2D eigenvalue weighted by atomic mass is 10.1. The number of carboxylic acids is 1. The van der Waals surface area contributed by atoms with Gasteiger partial charge < -0.3 is 14.6 Å². The van der Waals surface area contributed by atoms with Gasteiger partial charge in [-0.3, -0.25) is 9.69 Å². The molecule has 0 bridgehead atoms. The van der Waals surface area contributed by atoms with Crippen molar-refractivity contribution >= 4 is 16.7 Å². The van der Waals surface area contributed by atoms with Gasteiger partial charge in [-0.05, 0) is 34.5 Å². The molecule has 1 aliphatic rings. The average Bonchev–Trinajstić information content (AvgIpc) is 2.80. The number of aliphatic carboxylic acids is 1. The summed E-state index contributed by atoms with van der Waals surface area (Å²) >= 11 is 0. The standard InChI is InChI=1S/C18H21NO4/c1-22-17-5-4-14-8-13(2-3-15(14)9-17)10-19-6-7-23-12-16(11-19)18(20)21/h2-5,8-9,16H,6-7,10-12H2,1H3,(H,20,21). The summed E-state index contributed by atoms with van der Waals surface area (Å²) < 4.78 is 10.6. The highest BCUT2D eigenvalue weighted by Gasteiger charge is 2.24. The highest BCUT2D eigenvalue weighted by molar-refractivity contribution is 5.84. The average molecular weight is 315 g/mol. The number of benzene rings is 2. The Kier molecular flexibility index (Phi) is 4.79. The summed E-state index contributed by atoms with van der Waals surface area (Å²) in [5, 5.41) is 11.5. The van der Waals surface area contributed by atoms with Crippen molar-refractivity contribution in [2.24, 2.45) is 5.92 Å². The van der Waals surface area contributed by atoms with Gasteiger partial charge in [0.25, 0.3) is 0 Å².